The van der Waals surface area contributed by atoms with Gasteiger partial charge in [-0.1, -0.05) is 17.4 Å². The molecule has 0 fully saturated rings. The Balaban J connectivity index is 1.53. The normalized spacial score (nSPS) is 12.0. The standard InChI is InChI=1S/C27H26N2O8S2/c1-17(16-34-2)35-22-11-18(12-23(14-22)36-20-7-9-24(10-8-20)39(3,32)33)26(31)29-27-28-15-25(38-27)37-21-6-4-5-19(30)13-21/h4-15,17,30H,16H2,1-3H3,(H,28,29,31)/t17-/m0/s1. The zero-order valence-electron chi connectivity index (χ0n) is 21.3. The van der Waals surface area contributed by atoms with Crippen molar-refractivity contribution in [2.75, 3.05) is 25.3 Å². The summed E-state index contributed by atoms with van der Waals surface area (Å²) in [6.45, 7) is 2.16. The van der Waals surface area contributed by atoms with Gasteiger partial charge in [0, 0.05) is 31.1 Å². The highest BCUT2D eigenvalue weighted by molar-refractivity contribution is 7.90. The number of benzene rings is 3. The molecule has 0 aliphatic rings. The van der Waals surface area contributed by atoms with Crippen LogP contribution in [0.3, 0.4) is 0 Å². The summed E-state index contributed by atoms with van der Waals surface area (Å²) in [5.41, 5.74) is 0.241. The third-order valence-corrected chi connectivity index (χ3v) is 7.03. The molecule has 1 atom stereocenters. The van der Waals surface area contributed by atoms with Crippen molar-refractivity contribution in [1.29, 1.82) is 0 Å². The Hall–Kier alpha value is -4.13. The number of phenolic OH excluding ortho intramolecular Hbond substituents is 1. The first-order valence-corrected chi connectivity index (χ1v) is 14.3. The van der Waals surface area contributed by atoms with E-state index in [4.69, 9.17) is 18.9 Å². The van der Waals surface area contributed by atoms with Crippen LogP contribution in [0.2, 0.25) is 0 Å². The monoisotopic (exact) mass is 570 g/mol. The summed E-state index contributed by atoms with van der Waals surface area (Å²) in [6, 6.07) is 17.0. The summed E-state index contributed by atoms with van der Waals surface area (Å²) in [5.74, 6) is 1.10. The number of phenols is 1. The van der Waals surface area contributed by atoms with Crippen molar-refractivity contribution < 1.29 is 37.3 Å². The lowest BCUT2D eigenvalue weighted by atomic mass is 10.2. The van der Waals surface area contributed by atoms with E-state index < -0.39 is 15.7 Å². The van der Waals surface area contributed by atoms with Gasteiger partial charge < -0.3 is 24.1 Å². The lowest BCUT2D eigenvalue weighted by Gasteiger charge is -2.16. The summed E-state index contributed by atoms with van der Waals surface area (Å²) in [6.07, 6.45) is 2.29. The molecule has 39 heavy (non-hydrogen) atoms. The van der Waals surface area contributed by atoms with E-state index in [1.165, 1.54) is 48.7 Å². The largest absolute Gasteiger partial charge is 0.508 e. The molecule has 12 heteroatoms. The fraction of sp³-hybridized carbons (Fsp3) is 0.185. The number of anilines is 1. The lowest BCUT2D eigenvalue weighted by molar-refractivity contribution is 0.0916. The topological polar surface area (TPSA) is 133 Å². The van der Waals surface area contributed by atoms with Crippen LogP contribution in [0.1, 0.15) is 17.3 Å². The third kappa shape index (κ3) is 7.93. The van der Waals surface area contributed by atoms with Crippen LogP contribution in [0, 0.1) is 0 Å². The molecule has 1 amide bonds. The maximum atomic E-state index is 13.1. The zero-order chi connectivity index (χ0) is 28.0. The van der Waals surface area contributed by atoms with Crippen molar-refractivity contribution >= 4 is 32.2 Å². The highest BCUT2D eigenvalue weighted by atomic mass is 32.2. The lowest BCUT2D eigenvalue weighted by Crippen LogP contribution is -2.18. The van der Waals surface area contributed by atoms with Crippen LogP contribution < -0.4 is 19.5 Å². The van der Waals surface area contributed by atoms with E-state index in [2.05, 4.69) is 10.3 Å². The van der Waals surface area contributed by atoms with E-state index in [1.807, 2.05) is 6.92 Å². The number of hydrogen-bond donors (Lipinski definition) is 2. The van der Waals surface area contributed by atoms with Crippen LogP contribution in [-0.2, 0) is 14.6 Å². The number of carbonyl (C=O) groups is 1. The number of carbonyl (C=O) groups excluding carboxylic acids is 1. The van der Waals surface area contributed by atoms with Gasteiger partial charge in [-0.05, 0) is 55.5 Å². The van der Waals surface area contributed by atoms with Gasteiger partial charge >= 0.3 is 0 Å². The second-order valence-electron chi connectivity index (χ2n) is 8.46. The average Bonchev–Trinajstić information content (AvgIpc) is 3.30. The summed E-state index contributed by atoms with van der Waals surface area (Å²) in [7, 11) is -1.79. The van der Waals surface area contributed by atoms with Crippen LogP contribution in [0.5, 0.6) is 33.8 Å². The number of hydrogen-bond acceptors (Lipinski definition) is 10. The van der Waals surface area contributed by atoms with Gasteiger partial charge in [-0.15, -0.1) is 0 Å². The SMILES string of the molecule is COC[C@H](C)Oc1cc(Oc2ccc(S(C)(=O)=O)cc2)cc(C(=O)Nc2ncc(Oc3cccc(O)c3)s2)c1. The molecule has 0 unspecified atom stereocenters. The van der Waals surface area contributed by atoms with Gasteiger partial charge in [-0.25, -0.2) is 13.4 Å². The highest BCUT2D eigenvalue weighted by Crippen LogP contribution is 2.33. The van der Waals surface area contributed by atoms with Crippen molar-refractivity contribution in [2.24, 2.45) is 0 Å². The molecule has 0 saturated heterocycles. The summed E-state index contributed by atoms with van der Waals surface area (Å²) in [4.78, 5) is 17.5. The molecule has 0 aliphatic carbocycles. The number of ether oxygens (including phenoxy) is 4. The van der Waals surface area contributed by atoms with Gasteiger partial charge in [-0.2, -0.15) is 0 Å². The van der Waals surface area contributed by atoms with Crippen molar-refractivity contribution in [3.63, 3.8) is 0 Å². The van der Waals surface area contributed by atoms with Crippen molar-refractivity contribution in [3.8, 4) is 33.8 Å². The fourth-order valence-corrected chi connectivity index (χ4v) is 4.73. The van der Waals surface area contributed by atoms with Gasteiger partial charge in [-0.3, -0.25) is 10.1 Å². The molecule has 2 N–H and O–H groups in total. The molecule has 3 aromatic carbocycles. The predicted octanol–water partition coefficient (Wildman–Crippen LogP) is 5.50. The molecule has 10 nitrogen and oxygen atoms in total. The minimum absolute atomic E-state index is 0.0665. The Morgan fingerprint density at radius 1 is 1.00 bits per heavy atom. The van der Waals surface area contributed by atoms with E-state index in [0.717, 1.165) is 17.6 Å². The number of amides is 1. The molecule has 204 valence electrons. The third-order valence-electron chi connectivity index (χ3n) is 5.11. The van der Waals surface area contributed by atoms with E-state index in [1.54, 1.807) is 31.4 Å². The molecule has 0 aliphatic heterocycles. The van der Waals surface area contributed by atoms with Gasteiger partial charge in [0.2, 0.25) is 5.06 Å². The number of thiazole rings is 1. The summed E-state index contributed by atoms with van der Waals surface area (Å²) >= 11 is 1.11. The van der Waals surface area contributed by atoms with Crippen LogP contribution in [-0.4, -0.2) is 50.5 Å². The molecule has 4 rings (SSSR count). The first-order chi connectivity index (χ1) is 18.6. The van der Waals surface area contributed by atoms with Gasteiger partial charge in [0.1, 0.15) is 34.9 Å². The summed E-state index contributed by atoms with van der Waals surface area (Å²) < 4.78 is 46.1. The second kappa shape index (κ2) is 12.2. The van der Waals surface area contributed by atoms with E-state index in [0.29, 0.717) is 39.8 Å². The van der Waals surface area contributed by atoms with E-state index in [-0.39, 0.29) is 22.3 Å². The maximum absolute atomic E-state index is 13.1. The number of aromatic nitrogens is 1. The molecule has 0 saturated carbocycles. The van der Waals surface area contributed by atoms with Gasteiger partial charge in [0.15, 0.2) is 15.0 Å². The smallest absolute Gasteiger partial charge is 0.257 e. The summed E-state index contributed by atoms with van der Waals surface area (Å²) in [5, 5.41) is 13.1. The molecule has 4 aromatic rings. The van der Waals surface area contributed by atoms with Crippen molar-refractivity contribution in [2.45, 2.75) is 17.9 Å². The van der Waals surface area contributed by atoms with E-state index in [9.17, 15) is 18.3 Å². The number of sulfone groups is 1. The van der Waals surface area contributed by atoms with Crippen LogP contribution >= 0.6 is 11.3 Å². The second-order valence-corrected chi connectivity index (χ2v) is 11.5. The molecule has 0 spiro atoms. The van der Waals surface area contributed by atoms with Crippen molar-refractivity contribution in [3.05, 3.63) is 78.5 Å². The Morgan fingerprint density at radius 2 is 1.74 bits per heavy atom. The molecule has 0 bridgehead atoms. The molecular formula is C27H26N2O8S2. The highest BCUT2D eigenvalue weighted by Gasteiger charge is 2.16. The Morgan fingerprint density at radius 3 is 2.44 bits per heavy atom. The maximum Gasteiger partial charge on any atom is 0.257 e. The van der Waals surface area contributed by atoms with Gasteiger partial charge in [0.05, 0.1) is 17.7 Å². The minimum atomic E-state index is -3.35. The molecule has 1 heterocycles. The fourth-order valence-electron chi connectivity index (χ4n) is 3.42. The average molecular weight is 571 g/mol. The molecular weight excluding hydrogens is 544 g/mol. The minimum Gasteiger partial charge on any atom is -0.508 e. The quantitative estimate of drug-likeness (QED) is 0.240. The van der Waals surface area contributed by atoms with Gasteiger partial charge in [0.25, 0.3) is 5.91 Å². The number of rotatable bonds is 11. The molecule has 0 radical (unpaired) electrons. The molecule has 1 aromatic heterocycles. The number of methoxy groups -OCH3 is 1. The van der Waals surface area contributed by atoms with Crippen LogP contribution in [0.25, 0.3) is 0 Å². The first kappa shape index (κ1) is 27.9. The predicted molar refractivity (Wildman–Crippen MR) is 146 cm³/mol. The first-order valence-electron chi connectivity index (χ1n) is 11.6. The zero-order valence-corrected chi connectivity index (χ0v) is 22.9. The Labute approximate surface area is 229 Å². The van der Waals surface area contributed by atoms with Crippen LogP contribution in [0.4, 0.5) is 5.13 Å². The Bertz CT molecular complexity index is 1550. The van der Waals surface area contributed by atoms with Crippen molar-refractivity contribution in [1.82, 2.24) is 4.98 Å². The number of nitrogens with one attached hydrogen (secondary N) is 1. The number of aromatic hydroxyl groups is 1. The Kier molecular flexibility index (Phi) is 8.69. The van der Waals surface area contributed by atoms with E-state index >= 15 is 0 Å². The number of nitrogens with zero attached hydrogens (tertiary/aromatic N) is 1. The van der Waals surface area contributed by atoms with Crippen LogP contribution in [0.15, 0.2) is 77.8 Å².